The Morgan fingerprint density at radius 3 is 2.53 bits per heavy atom. The van der Waals surface area contributed by atoms with Gasteiger partial charge in [-0.1, -0.05) is 83.9 Å². The number of anilines is 1. The van der Waals surface area contributed by atoms with Crippen LogP contribution in [0.25, 0.3) is 6.08 Å². The van der Waals surface area contributed by atoms with E-state index in [0.717, 1.165) is 39.0 Å². The average Bonchev–Trinajstić information content (AvgIpc) is 3.23. The van der Waals surface area contributed by atoms with Gasteiger partial charge in [-0.2, -0.15) is 0 Å². The highest BCUT2D eigenvalue weighted by Crippen LogP contribution is 2.42. The highest BCUT2D eigenvalue weighted by molar-refractivity contribution is 9.10. The van der Waals surface area contributed by atoms with Gasteiger partial charge < -0.3 is 19.7 Å². The van der Waals surface area contributed by atoms with Crippen molar-refractivity contribution in [1.29, 1.82) is 0 Å². The number of hydrogen-bond acceptors (Lipinski definition) is 5. The van der Waals surface area contributed by atoms with E-state index in [2.05, 4.69) is 33.1 Å². The summed E-state index contributed by atoms with van der Waals surface area (Å²) in [5.41, 5.74) is 2.85. The fourth-order valence-electron chi connectivity index (χ4n) is 5.15. The third kappa shape index (κ3) is 6.21. The van der Waals surface area contributed by atoms with E-state index in [1.54, 1.807) is 18.9 Å². The number of para-hydroxylation sites is 1. The van der Waals surface area contributed by atoms with E-state index in [1.807, 2.05) is 78.9 Å². The number of rotatable bonds is 8. The first kappa shape index (κ1) is 26.7. The molecule has 38 heavy (non-hydrogen) atoms. The standard InChI is InChI=1S/C31H33BrN2O3S/c1-21-8-6-7-11-26(21)34-30(35)29(38-31(34)33-25-9-4-3-5-10-25)19-23-14-17-27(28(18-23)36-2)37-20-22-12-15-24(32)16-13-22/h3-5,9-10,12-19,21,26,31,33H,6-8,11,20H2,1-2H3/b29-19-/t21-,26+,31?/m1/s1. The van der Waals surface area contributed by atoms with E-state index >= 15 is 0 Å². The predicted octanol–water partition coefficient (Wildman–Crippen LogP) is 7.93. The Morgan fingerprint density at radius 1 is 1.03 bits per heavy atom. The summed E-state index contributed by atoms with van der Waals surface area (Å²) >= 11 is 5.05. The molecule has 1 heterocycles. The molecular formula is C31H33BrN2O3S. The van der Waals surface area contributed by atoms with Gasteiger partial charge in [-0.15, -0.1) is 0 Å². The van der Waals surface area contributed by atoms with Gasteiger partial charge in [0.2, 0.25) is 0 Å². The number of carbonyl (C=O) groups is 1. The molecule has 0 spiro atoms. The molecule has 5 nitrogen and oxygen atoms in total. The quantitative estimate of drug-likeness (QED) is 0.269. The molecule has 1 aliphatic carbocycles. The number of hydrogen-bond donors (Lipinski definition) is 1. The molecule has 198 valence electrons. The molecule has 3 aromatic rings. The molecule has 0 bridgehead atoms. The Bertz CT molecular complexity index is 1280. The van der Waals surface area contributed by atoms with Crippen molar-refractivity contribution < 1.29 is 14.3 Å². The van der Waals surface area contributed by atoms with Gasteiger partial charge in [-0.25, -0.2) is 0 Å². The molecule has 2 fully saturated rings. The second kappa shape index (κ2) is 12.3. The molecule has 1 unspecified atom stereocenters. The van der Waals surface area contributed by atoms with E-state index in [9.17, 15) is 4.79 Å². The van der Waals surface area contributed by atoms with Gasteiger partial charge >= 0.3 is 0 Å². The summed E-state index contributed by atoms with van der Waals surface area (Å²) in [6.45, 7) is 2.72. The lowest BCUT2D eigenvalue weighted by molar-refractivity contribution is -0.129. The van der Waals surface area contributed by atoms with E-state index in [0.29, 0.717) is 24.0 Å². The number of thioether (sulfide) groups is 1. The van der Waals surface area contributed by atoms with Crippen molar-refractivity contribution in [1.82, 2.24) is 4.90 Å². The second-order valence-corrected chi connectivity index (χ2v) is 11.9. The van der Waals surface area contributed by atoms with Crippen LogP contribution in [0.1, 0.15) is 43.7 Å². The fourth-order valence-corrected chi connectivity index (χ4v) is 6.63. The first-order valence-corrected chi connectivity index (χ1v) is 14.8. The molecule has 1 saturated heterocycles. The topological polar surface area (TPSA) is 50.8 Å². The molecule has 1 amide bonds. The normalized spacial score (nSPS) is 22.5. The SMILES string of the molecule is COc1cc(/C=C2\SC(Nc3ccccc3)N([C@H]3CCCC[C@H]3C)C2=O)ccc1OCc1ccc(Br)cc1. The Hall–Kier alpha value is -2.90. The Balaban J connectivity index is 1.37. The Kier molecular flexibility index (Phi) is 8.65. The molecule has 3 atom stereocenters. The van der Waals surface area contributed by atoms with Gasteiger partial charge in [-0.05, 0) is 72.4 Å². The largest absolute Gasteiger partial charge is 0.493 e. The number of methoxy groups -OCH3 is 1. The lowest BCUT2D eigenvalue weighted by Gasteiger charge is -2.39. The van der Waals surface area contributed by atoms with Crippen molar-refractivity contribution in [3.8, 4) is 11.5 Å². The van der Waals surface area contributed by atoms with Crippen LogP contribution in [0.3, 0.4) is 0 Å². The van der Waals surface area contributed by atoms with Crippen LogP contribution in [0.15, 0.2) is 82.2 Å². The monoisotopic (exact) mass is 592 g/mol. The summed E-state index contributed by atoms with van der Waals surface area (Å²) in [5.74, 6) is 1.89. The van der Waals surface area contributed by atoms with Crippen molar-refractivity contribution >= 4 is 45.4 Å². The number of halogens is 1. The predicted molar refractivity (Wildman–Crippen MR) is 159 cm³/mol. The molecule has 1 aliphatic heterocycles. The van der Waals surface area contributed by atoms with Crippen LogP contribution in [-0.4, -0.2) is 29.5 Å². The smallest absolute Gasteiger partial charge is 0.262 e. The number of benzene rings is 3. The summed E-state index contributed by atoms with van der Waals surface area (Å²) in [4.78, 5) is 16.6. The van der Waals surface area contributed by atoms with Crippen molar-refractivity contribution in [2.24, 2.45) is 5.92 Å². The average molecular weight is 594 g/mol. The van der Waals surface area contributed by atoms with Crippen LogP contribution in [-0.2, 0) is 11.4 Å². The number of nitrogens with zero attached hydrogens (tertiary/aromatic N) is 1. The lowest BCUT2D eigenvalue weighted by Crippen LogP contribution is -2.48. The third-order valence-corrected chi connectivity index (χ3v) is 8.86. The van der Waals surface area contributed by atoms with Gasteiger partial charge in [-0.3, -0.25) is 4.79 Å². The molecule has 7 heteroatoms. The van der Waals surface area contributed by atoms with Crippen LogP contribution in [0.2, 0.25) is 0 Å². The second-order valence-electron chi connectivity index (χ2n) is 9.86. The first-order valence-electron chi connectivity index (χ1n) is 13.1. The zero-order valence-electron chi connectivity index (χ0n) is 21.7. The summed E-state index contributed by atoms with van der Waals surface area (Å²) in [5, 5.41) is 3.60. The fraction of sp³-hybridized carbons (Fsp3) is 0.323. The van der Waals surface area contributed by atoms with Crippen molar-refractivity contribution in [3.05, 3.63) is 93.3 Å². The minimum atomic E-state index is -0.142. The van der Waals surface area contributed by atoms with Crippen LogP contribution in [0.4, 0.5) is 5.69 Å². The zero-order chi connectivity index (χ0) is 26.5. The molecular weight excluding hydrogens is 560 g/mol. The molecule has 1 saturated carbocycles. The Morgan fingerprint density at radius 2 is 1.79 bits per heavy atom. The third-order valence-electron chi connectivity index (χ3n) is 7.22. The zero-order valence-corrected chi connectivity index (χ0v) is 24.1. The molecule has 2 aliphatic rings. The van der Waals surface area contributed by atoms with Crippen LogP contribution >= 0.6 is 27.7 Å². The van der Waals surface area contributed by atoms with Crippen LogP contribution in [0, 0.1) is 5.92 Å². The number of ether oxygens (including phenoxy) is 2. The molecule has 0 aromatic heterocycles. The Labute approximate surface area is 237 Å². The van der Waals surface area contributed by atoms with E-state index in [-0.39, 0.29) is 17.4 Å². The maximum atomic E-state index is 13.8. The van der Waals surface area contributed by atoms with Crippen LogP contribution in [0.5, 0.6) is 11.5 Å². The minimum Gasteiger partial charge on any atom is -0.493 e. The van der Waals surface area contributed by atoms with E-state index in [4.69, 9.17) is 9.47 Å². The highest BCUT2D eigenvalue weighted by Gasteiger charge is 2.42. The summed E-state index contributed by atoms with van der Waals surface area (Å²) in [6.07, 6.45) is 6.59. The van der Waals surface area contributed by atoms with Gasteiger partial charge in [0.05, 0.1) is 12.0 Å². The summed E-state index contributed by atoms with van der Waals surface area (Å²) in [6, 6.07) is 24.2. The van der Waals surface area contributed by atoms with E-state index < -0.39 is 0 Å². The van der Waals surface area contributed by atoms with Gasteiger partial charge in [0.15, 0.2) is 17.0 Å². The number of carbonyl (C=O) groups excluding carboxylic acids is 1. The van der Waals surface area contributed by atoms with Crippen molar-refractivity contribution in [2.45, 2.75) is 50.8 Å². The maximum absolute atomic E-state index is 13.8. The molecule has 0 radical (unpaired) electrons. The lowest BCUT2D eigenvalue weighted by atomic mass is 9.85. The minimum absolute atomic E-state index is 0.0942. The highest BCUT2D eigenvalue weighted by atomic mass is 79.9. The first-order chi connectivity index (χ1) is 18.5. The molecule has 3 aromatic carbocycles. The van der Waals surface area contributed by atoms with Crippen molar-refractivity contribution in [2.75, 3.05) is 12.4 Å². The van der Waals surface area contributed by atoms with Gasteiger partial charge in [0.25, 0.3) is 5.91 Å². The molecule has 1 N–H and O–H groups in total. The maximum Gasteiger partial charge on any atom is 0.262 e. The van der Waals surface area contributed by atoms with Crippen molar-refractivity contribution in [3.63, 3.8) is 0 Å². The van der Waals surface area contributed by atoms with E-state index in [1.165, 1.54) is 12.8 Å². The number of nitrogens with one attached hydrogen (secondary N) is 1. The summed E-state index contributed by atoms with van der Waals surface area (Å²) < 4.78 is 12.7. The molecule has 5 rings (SSSR count). The van der Waals surface area contributed by atoms with Gasteiger partial charge in [0.1, 0.15) is 6.61 Å². The van der Waals surface area contributed by atoms with Gasteiger partial charge in [0, 0.05) is 16.2 Å². The number of amides is 1. The van der Waals surface area contributed by atoms with Crippen LogP contribution < -0.4 is 14.8 Å². The summed E-state index contributed by atoms with van der Waals surface area (Å²) in [7, 11) is 1.64.